The van der Waals surface area contributed by atoms with E-state index in [-0.39, 0.29) is 0 Å². The Labute approximate surface area is 152 Å². The van der Waals surface area contributed by atoms with Crippen molar-refractivity contribution in [3.63, 3.8) is 0 Å². The lowest BCUT2D eigenvalue weighted by atomic mass is 9.93. The number of H-pyrrole nitrogens is 1. The van der Waals surface area contributed by atoms with Gasteiger partial charge < -0.3 is 10.3 Å². The summed E-state index contributed by atoms with van der Waals surface area (Å²) >= 11 is 0. The first-order valence-corrected chi connectivity index (χ1v) is 8.89. The number of anilines is 2. The largest absolute Gasteiger partial charge is 0.347 e. The molecule has 0 radical (unpaired) electrons. The average molecular weight is 350 g/mol. The molecule has 8 heteroatoms. The van der Waals surface area contributed by atoms with Crippen LogP contribution in [0.25, 0.3) is 0 Å². The Morgan fingerprint density at radius 3 is 2.96 bits per heavy atom. The Morgan fingerprint density at radius 1 is 1.12 bits per heavy atom. The van der Waals surface area contributed by atoms with E-state index in [0.717, 1.165) is 37.6 Å². The number of nitrogens with one attached hydrogen (secondary N) is 2. The van der Waals surface area contributed by atoms with Crippen LogP contribution in [0.3, 0.4) is 0 Å². The van der Waals surface area contributed by atoms with Crippen molar-refractivity contribution in [2.75, 3.05) is 18.4 Å². The fourth-order valence-corrected chi connectivity index (χ4v) is 3.44. The van der Waals surface area contributed by atoms with E-state index in [9.17, 15) is 0 Å². The van der Waals surface area contributed by atoms with E-state index in [0.29, 0.717) is 11.7 Å². The Kier molecular flexibility index (Phi) is 5.11. The van der Waals surface area contributed by atoms with Gasteiger partial charge in [0.05, 0.1) is 12.5 Å². The molecule has 3 aromatic rings. The van der Waals surface area contributed by atoms with Gasteiger partial charge in [0, 0.05) is 49.1 Å². The predicted octanol–water partition coefficient (Wildman–Crippen LogP) is 2.19. The molecule has 0 aliphatic carbocycles. The molecule has 1 aliphatic rings. The molecule has 2 N–H and O–H groups in total. The van der Waals surface area contributed by atoms with Crippen LogP contribution in [-0.2, 0) is 13.0 Å². The minimum atomic E-state index is 0.603. The summed E-state index contributed by atoms with van der Waals surface area (Å²) in [5.41, 5.74) is 2.22. The van der Waals surface area contributed by atoms with Crippen LogP contribution in [0.4, 0.5) is 11.6 Å². The lowest BCUT2D eigenvalue weighted by Crippen LogP contribution is -2.35. The normalized spacial score (nSPS) is 17.9. The summed E-state index contributed by atoms with van der Waals surface area (Å²) in [6.07, 6.45) is 13.6. The molecule has 26 heavy (non-hydrogen) atoms. The quantitative estimate of drug-likeness (QED) is 0.703. The molecule has 0 saturated carbocycles. The summed E-state index contributed by atoms with van der Waals surface area (Å²) in [5.74, 6) is 2.03. The van der Waals surface area contributed by atoms with Gasteiger partial charge >= 0.3 is 0 Å². The van der Waals surface area contributed by atoms with Crippen molar-refractivity contribution in [1.29, 1.82) is 0 Å². The molecule has 0 bridgehead atoms. The highest BCUT2D eigenvalue weighted by molar-refractivity contribution is 5.49. The second-order valence-corrected chi connectivity index (χ2v) is 6.63. The highest BCUT2D eigenvalue weighted by atomic mass is 15.1. The van der Waals surface area contributed by atoms with Crippen molar-refractivity contribution in [1.82, 2.24) is 34.8 Å². The number of hydrogen-bond acceptors (Lipinski definition) is 7. The third-order valence-corrected chi connectivity index (χ3v) is 4.59. The lowest BCUT2D eigenvalue weighted by Gasteiger charge is -2.32. The molecule has 134 valence electrons. The summed E-state index contributed by atoms with van der Waals surface area (Å²) in [4.78, 5) is 26.8. The van der Waals surface area contributed by atoms with E-state index < -0.39 is 0 Å². The maximum atomic E-state index is 4.45. The highest BCUT2D eigenvalue weighted by Crippen LogP contribution is 2.22. The Morgan fingerprint density at radius 2 is 2.12 bits per heavy atom. The molecule has 1 fully saturated rings. The van der Waals surface area contributed by atoms with Crippen LogP contribution in [-0.4, -0.2) is 47.9 Å². The first-order valence-electron chi connectivity index (χ1n) is 8.89. The van der Waals surface area contributed by atoms with Gasteiger partial charge in [0.1, 0.15) is 18.0 Å². The number of piperidine rings is 1. The third-order valence-electron chi connectivity index (χ3n) is 4.59. The van der Waals surface area contributed by atoms with Gasteiger partial charge in [-0.1, -0.05) is 0 Å². The SMILES string of the molecule is c1cnc(Nc2cc(CC3CCCN(Cc4cnc[nH]4)C3)ncn2)cn1. The van der Waals surface area contributed by atoms with Crippen molar-refractivity contribution in [2.45, 2.75) is 25.8 Å². The summed E-state index contributed by atoms with van der Waals surface area (Å²) in [6, 6.07) is 2.00. The minimum absolute atomic E-state index is 0.603. The lowest BCUT2D eigenvalue weighted by molar-refractivity contribution is 0.165. The maximum absolute atomic E-state index is 4.45. The summed E-state index contributed by atoms with van der Waals surface area (Å²) in [6.45, 7) is 3.15. The van der Waals surface area contributed by atoms with Crippen LogP contribution in [0.5, 0.6) is 0 Å². The van der Waals surface area contributed by atoms with Gasteiger partial charge in [-0.05, 0) is 31.7 Å². The zero-order valence-electron chi connectivity index (χ0n) is 14.5. The smallest absolute Gasteiger partial charge is 0.150 e. The molecule has 1 aliphatic heterocycles. The number of aromatic nitrogens is 6. The number of imidazole rings is 1. The van der Waals surface area contributed by atoms with E-state index >= 15 is 0 Å². The van der Waals surface area contributed by atoms with Crippen molar-refractivity contribution in [3.05, 3.63) is 54.9 Å². The number of nitrogens with zero attached hydrogens (tertiary/aromatic N) is 6. The standard InChI is InChI=1S/C18H22N8/c1-2-14(10-26(5-1)11-16-8-20-12-22-16)6-15-7-17(24-13-23-15)25-18-9-19-3-4-21-18/h3-4,7-9,12-14H,1-2,5-6,10-11H2,(H,20,22)(H,21,23,24,25). The maximum Gasteiger partial charge on any atom is 0.150 e. The van der Waals surface area contributed by atoms with E-state index in [4.69, 9.17) is 0 Å². The van der Waals surface area contributed by atoms with Crippen LogP contribution in [0, 0.1) is 5.92 Å². The molecule has 8 nitrogen and oxygen atoms in total. The molecule has 4 rings (SSSR count). The van der Waals surface area contributed by atoms with Crippen LogP contribution < -0.4 is 5.32 Å². The van der Waals surface area contributed by atoms with Gasteiger partial charge in [0.15, 0.2) is 0 Å². The number of likely N-dealkylation sites (tertiary alicyclic amines) is 1. The molecule has 1 unspecified atom stereocenters. The fraction of sp³-hybridized carbons (Fsp3) is 0.389. The van der Waals surface area contributed by atoms with Gasteiger partial charge in [-0.2, -0.15) is 0 Å². The number of hydrogen-bond donors (Lipinski definition) is 2. The minimum Gasteiger partial charge on any atom is -0.347 e. The van der Waals surface area contributed by atoms with E-state index in [1.54, 1.807) is 31.2 Å². The van der Waals surface area contributed by atoms with Gasteiger partial charge in [-0.25, -0.2) is 19.9 Å². The fourth-order valence-electron chi connectivity index (χ4n) is 3.44. The van der Waals surface area contributed by atoms with E-state index in [1.165, 1.54) is 18.5 Å². The average Bonchev–Trinajstić information content (AvgIpc) is 3.16. The number of aromatic amines is 1. The van der Waals surface area contributed by atoms with Gasteiger partial charge in [-0.3, -0.25) is 9.88 Å². The summed E-state index contributed by atoms with van der Waals surface area (Å²) < 4.78 is 0. The van der Waals surface area contributed by atoms with Crippen molar-refractivity contribution in [3.8, 4) is 0 Å². The van der Waals surface area contributed by atoms with E-state index in [1.807, 2.05) is 12.3 Å². The molecule has 1 saturated heterocycles. The van der Waals surface area contributed by atoms with Crippen molar-refractivity contribution in [2.24, 2.45) is 5.92 Å². The first-order chi connectivity index (χ1) is 12.8. The molecule has 0 aromatic carbocycles. The molecular formula is C18H22N8. The summed E-state index contributed by atoms with van der Waals surface area (Å²) in [5, 5.41) is 3.17. The van der Waals surface area contributed by atoms with Crippen LogP contribution in [0.15, 0.2) is 43.5 Å². The monoisotopic (exact) mass is 350 g/mol. The third kappa shape index (κ3) is 4.40. The second kappa shape index (κ2) is 8.01. The van der Waals surface area contributed by atoms with Gasteiger partial charge in [-0.15, -0.1) is 0 Å². The van der Waals surface area contributed by atoms with Crippen LogP contribution >= 0.6 is 0 Å². The predicted molar refractivity (Wildman–Crippen MR) is 97.6 cm³/mol. The van der Waals surface area contributed by atoms with Crippen molar-refractivity contribution >= 4 is 11.6 Å². The Bertz CT molecular complexity index is 805. The zero-order chi connectivity index (χ0) is 17.6. The topological polar surface area (TPSA) is 95.5 Å². The molecule has 0 spiro atoms. The first kappa shape index (κ1) is 16.6. The zero-order valence-corrected chi connectivity index (χ0v) is 14.5. The van der Waals surface area contributed by atoms with Crippen LogP contribution in [0.1, 0.15) is 24.2 Å². The molecule has 1 atom stereocenters. The van der Waals surface area contributed by atoms with Gasteiger partial charge in [0.25, 0.3) is 0 Å². The van der Waals surface area contributed by atoms with E-state index in [2.05, 4.69) is 40.1 Å². The molecular weight excluding hydrogens is 328 g/mol. The van der Waals surface area contributed by atoms with Gasteiger partial charge in [0.2, 0.25) is 0 Å². The Balaban J connectivity index is 1.36. The molecule has 4 heterocycles. The molecule has 3 aromatic heterocycles. The van der Waals surface area contributed by atoms with Crippen LogP contribution in [0.2, 0.25) is 0 Å². The highest BCUT2D eigenvalue weighted by Gasteiger charge is 2.21. The number of rotatable bonds is 6. The Hall–Kier alpha value is -2.87. The van der Waals surface area contributed by atoms with Crippen molar-refractivity contribution < 1.29 is 0 Å². The second-order valence-electron chi connectivity index (χ2n) is 6.63. The summed E-state index contributed by atoms with van der Waals surface area (Å²) in [7, 11) is 0. The molecule has 0 amide bonds.